The van der Waals surface area contributed by atoms with Crippen LogP contribution in [0.1, 0.15) is 51.7 Å². The highest BCUT2D eigenvalue weighted by molar-refractivity contribution is 6.11. The monoisotopic (exact) mass is 425 g/mol. The van der Waals surface area contributed by atoms with Crippen molar-refractivity contribution in [3.63, 3.8) is 0 Å². The third-order valence-corrected chi connectivity index (χ3v) is 6.07. The van der Waals surface area contributed by atoms with Gasteiger partial charge in [-0.05, 0) is 70.7 Å². The number of pyridine rings is 1. The molecule has 0 bridgehead atoms. The molecule has 0 aliphatic rings. The average molecular weight is 426 g/mol. The first-order valence-electron chi connectivity index (χ1n) is 11.2. The Morgan fingerprint density at radius 3 is 2.47 bits per heavy atom. The van der Waals surface area contributed by atoms with Gasteiger partial charge in [-0.15, -0.1) is 0 Å². The fraction of sp³-hybridized carbons (Fsp3) is 0.276. The van der Waals surface area contributed by atoms with E-state index >= 15 is 4.39 Å². The van der Waals surface area contributed by atoms with Crippen LogP contribution in [0, 0.1) is 11.2 Å². The summed E-state index contributed by atoms with van der Waals surface area (Å²) in [6.45, 7) is 10.8. The fourth-order valence-electron chi connectivity index (χ4n) is 4.52. The van der Waals surface area contributed by atoms with Gasteiger partial charge >= 0.3 is 0 Å². The minimum absolute atomic E-state index is 0.0103. The van der Waals surface area contributed by atoms with Gasteiger partial charge in [0.25, 0.3) is 0 Å². The highest BCUT2D eigenvalue weighted by Gasteiger charge is 2.20. The van der Waals surface area contributed by atoms with E-state index in [-0.39, 0.29) is 11.2 Å². The maximum atomic E-state index is 15.2. The quantitative estimate of drug-likeness (QED) is 0.289. The molecule has 0 saturated carbocycles. The topological polar surface area (TPSA) is 26.0 Å². The van der Waals surface area contributed by atoms with Crippen LogP contribution >= 0.6 is 0 Å². The Morgan fingerprint density at radius 1 is 0.938 bits per heavy atom. The van der Waals surface area contributed by atoms with Crippen LogP contribution in [0.2, 0.25) is 0 Å². The molecular formula is C29H28FNO. The zero-order chi connectivity index (χ0) is 22.6. The van der Waals surface area contributed by atoms with Gasteiger partial charge in [-0.2, -0.15) is 0 Å². The van der Waals surface area contributed by atoms with E-state index in [1.54, 1.807) is 6.07 Å². The lowest BCUT2D eigenvalue weighted by Crippen LogP contribution is -2.10. The Bertz CT molecular complexity index is 1470. The van der Waals surface area contributed by atoms with Crippen LogP contribution in [-0.2, 0) is 6.42 Å². The van der Waals surface area contributed by atoms with E-state index in [0.717, 1.165) is 49.5 Å². The van der Waals surface area contributed by atoms with Gasteiger partial charge in [0.1, 0.15) is 17.0 Å². The van der Waals surface area contributed by atoms with E-state index in [0.29, 0.717) is 12.3 Å². The molecule has 0 radical (unpaired) electrons. The van der Waals surface area contributed by atoms with Gasteiger partial charge in [0.2, 0.25) is 0 Å². The maximum Gasteiger partial charge on any atom is 0.144 e. The summed E-state index contributed by atoms with van der Waals surface area (Å²) < 4.78 is 21.5. The number of nitrogens with zero attached hydrogens (tertiary/aromatic N) is 1. The molecular weight excluding hydrogens is 397 g/mol. The third-order valence-electron chi connectivity index (χ3n) is 6.07. The minimum atomic E-state index is -0.178. The van der Waals surface area contributed by atoms with Crippen LogP contribution in [0.4, 0.5) is 4.39 Å². The molecule has 0 atom stereocenters. The molecule has 0 aliphatic heterocycles. The van der Waals surface area contributed by atoms with Crippen LogP contribution in [0.5, 0.6) is 0 Å². The average Bonchev–Trinajstić information content (AvgIpc) is 3.11. The number of aromatic nitrogens is 1. The van der Waals surface area contributed by atoms with Crippen LogP contribution in [-0.4, -0.2) is 4.98 Å². The Hall–Kier alpha value is -3.20. The normalized spacial score (nSPS) is 12.5. The predicted molar refractivity (Wildman–Crippen MR) is 132 cm³/mol. The highest BCUT2D eigenvalue weighted by Crippen LogP contribution is 2.40. The van der Waals surface area contributed by atoms with E-state index < -0.39 is 0 Å². The van der Waals surface area contributed by atoms with Crippen molar-refractivity contribution in [1.29, 1.82) is 0 Å². The molecule has 2 nitrogen and oxygen atoms in total. The van der Waals surface area contributed by atoms with Gasteiger partial charge in [-0.25, -0.2) is 4.39 Å². The summed E-state index contributed by atoms with van der Waals surface area (Å²) >= 11 is 0. The molecule has 0 amide bonds. The molecule has 2 heterocycles. The summed E-state index contributed by atoms with van der Waals surface area (Å²) in [5.41, 5.74) is 5.29. The second kappa shape index (κ2) is 7.44. The van der Waals surface area contributed by atoms with Crippen LogP contribution in [0.25, 0.3) is 44.0 Å². The Morgan fingerprint density at radius 2 is 1.72 bits per heavy atom. The molecule has 2 aromatic heterocycles. The summed E-state index contributed by atoms with van der Waals surface area (Å²) in [5, 5.41) is 3.97. The van der Waals surface area contributed by atoms with Crippen molar-refractivity contribution in [2.24, 2.45) is 5.41 Å². The smallest absolute Gasteiger partial charge is 0.144 e. The van der Waals surface area contributed by atoms with Crippen LogP contribution in [0.3, 0.4) is 0 Å². The molecule has 0 fully saturated rings. The van der Waals surface area contributed by atoms with Gasteiger partial charge in [0.15, 0.2) is 0 Å². The Labute approximate surface area is 188 Å². The van der Waals surface area contributed by atoms with Crippen LogP contribution in [0.15, 0.2) is 65.2 Å². The van der Waals surface area contributed by atoms with E-state index in [1.165, 1.54) is 5.56 Å². The summed E-state index contributed by atoms with van der Waals surface area (Å²) in [5.74, 6) is 0.166. The number of benzene rings is 3. The number of hydrogen-bond donors (Lipinski definition) is 0. The molecule has 32 heavy (non-hydrogen) atoms. The lowest BCUT2D eigenvalue weighted by atomic mass is 9.87. The number of fused-ring (bicyclic) bond motifs is 4. The van der Waals surface area contributed by atoms with Crippen molar-refractivity contribution in [2.45, 2.75) is 47.0 Å². The summed E-state index contributed by atoms with van der Waals surface area (Å²) in [6.07, 6.45) is 2.50. The van der Waals surface area contributed by atoms with Crippen molar-refractivity contribution in [3.8, 4) is 11.3 Å². The Balaban J connectivity index is 1.81. The van der Waals surface area contributed by atoms with Gasteiger partial charge in [0, 0.05) is 27.9 Å². The largest absolute Gasteiger partial charge is 0.455 e. The first-order chi connectivity index (χ1) is 15.2. The standard InChI is InChI=1S/C29H28FNO/c1-17(2)19-13-23-21-8-6-7-9-26(21)32-28(23)24(14-19)27-22-15-25(30)20(16-29(3,4)5)12-18(22)10-11-31-27/h6-15,17H,16H2,1-5H3. The van der Waals surface area contributed by atoms with E-state index in [2.05, 4.69) is 52.8 Å². The summed E-state index contributed by atoms with van der Waals surface area (Å²) in [4.78, 5) is 4.72. The molecule has 0 unspecified atom stereocenters. The van der Waals surface area contributed by atoms with Crippen LogP contribution < -0.4 is 0 Å². The number of rotatable bonds is 3. The summed E-state index contributed by atoms with van der Waals surface area (Å²) in [7, 11) is 0. The number of para-hydroxylation sites is 1. The van der Waals surface area contributed by atoms with E-state index in [9.17, 15) is 0 Å². The highest BCUT2D eigenvalue weighted by atomic mass is 19.1. The summed E-state index contributed by atoms with van der Waals surface area (Å²) in [6, 6.07) is 18.0. The van der Waals surface area contributed by atoms with Crippen molar-refractivity contribution in [2.75, 3.05) is 0 Å². The van der Waals surface area contributed by atoms with Crippen molar-refractivity contribution in [1.82, 2.24) is 4.98 Å². The lowest BCUT2D eigenvalue weighted by molar-refractivity contribution is 0.402. The second-order valence-electron chi connectivity index (χ2n) is 10.3. The zero-order valence-corrected chi connectivity index (χ0v) is 19.3. The second-order valence-corrected chi connectivity index (χ2v) is 10.3. The number of furan rings is 1. The molecule has 3 aromatic carbocycles. The molecule has 162 valence electrons. The first-order valence-corrected chi connectivity index (χ1v) is 11.2. The fourth-order valence-corrected chi connectivity index (χ4v) is 4.52. The number of halogens is 1. The maximum absolute atomic E-state index is 15.2. The molecule has 5 aromatic rings. The molecule has 5 rings (SSSR count). The van der Waals surface area contributed by atoms with Gasteiger partial charge in [-0.1, -0.05) is 52.8 Å². The van der Waals surface area contributed by atoms with E-state index in [4.69, 9.17) is 9.40 Å². The molecule has 0 spiro atoms. The number of hydrogen-bond acceptors (Lipinski definition) is 2. The lowest BCUT2D eigenvalue weighted by Gasteiger charge is -2.19. The van der Waals surface area contributed by atoms with Crippen molar-refractivity contribution >= 4 is 32.7 Å². The molecule has 0 aliphatic carbocycles. The minimum Gasteiger partial charge on any atom is -0.455 e. The first kappa shape index (κ1) is 20.7. The molecule has 0 N–H and O–H groups in total. The molecule has 3 heteroatoms. The zero-order valence-electron chi connectivity index (χ0n) is 19.3. The Kier molecular flexibility index (Phi) is 4.81. The third kappa shape index (κ3) is 3.56. The van der Waals surface area contributed by atoms with E-state index in [1.807, 2.05) is 36.5 Å². The van der Waals surface area contributed by atoms with Gasteiger partial charge < -0.3 is 4.42 Å². The van der Waals surface area contributed by atoms with Gasteiger partial charge in [-0.3, -0.25) is 4.98 Å². The predicted octanol–water partition coefficient (Wildman–Crippen LogP) is 8.65. The van der Waals surface area contributed by atoms with Crippen molar-refractivity contribution in [3.05, 3.63) is 77.7 Å². The van der Waals surface area contributed by atoms with Crippen molar-refractivity contribution < 1.29 is 8.81 Å². The SMILES string of the molecule is CC(C)c1cc(-c2nccc3cc(CC(C)(C)C)c(F)cc23)c2oc3ccccc3c2c1. The van der Waals surface area contributed by atoms with Gasteiger partial charge in [0.05, 0.1) is 5.69 Å². The molecule has 0 saturated heterocycles.